The quantitative estimate of drug-likeness (QED) is 0.907. The molecule has 0 spiro atoms. The molecule has 0 saturated carbocycles. The number of nitrogens with zero attached hydrogens (tertiary/aromatic N) is 2. The van der Waals surface area contributed by atoms with Gasteiger partial charge in [0.1, 0.15) is 0 Å². The van der Waals surface area contributed by atoms with Gasteiger partial charge in [-0.2, -0.15) is 5.10 Å². The van der Waals surface area contributed by atoms with Gasteiger partial charge in [0.15, 0.2) is 11.5 Å². The van der Waals surface area contributed by atoms with Crippen LogP contribution < -0.4 is 15.2 Å². The fourth-order valence-electron chi connectivity index (χ4n) is 2.34. The molecule has 5 heteroatoms. The number of benzene rings is 1. The van der Waals surface area contributed by atoms with Crippen molar-refractivity contribution in [2.75, 3.05) is 14.2 Å². The molecule has 20 heavy (non-hydrogen) atoms. The molecule has 1 heterocycles. The minimum Gasteiger partial charge on any atom is -0.493 e. The first kappa shape index (κ1) is 14.4. The van der Waals surface area contributed by atoms with Crippen LogP contribution in [0.3, 0.4) is 0 Å². The van der Waals surface area contributed by atoms with E-state index < -0.39 is 0 Å². The van der Waals surface area contributed by atoms with Crippen molar-refractivity contribution >= 4 is 0 Å². The fraction of sp³-hybridized carbons (Fsp3) is 0.400. The SMILES string of the molecule is COc1ccc(Cn2nc(C)c(CN)c2C)cc1OC. The summed E-state index contributed by atoms with van der Waals surface area (Å²) in [5.41, 5.74) is 10.1. The molecule has 0 aliphatic rings. The number of ether oxygens (including phenoxy) is 2. The van der Waals surface area contributed by atoms with Crippen molar-refractivity contribution in [1.82, 2.24) is 9.78 Å². The summed E-state index contributed by atoms with van der Waals surface area (Å²) in [6.07, 6.45) is 0. The maximum Gasteiger partial charge on any atom is 0.161 e. The molecule has 2 aromatic rings. The van der Waals surface area contributed by atoms with E-state index in [0.29, 0.717) is 13.1 Å². The maximum atomic E-state index is 5.75. The molecule has 0 atom stereocenters. The molecule has 0 fully saturated rings. The summed E-state index contributed by atoms with van der Waals surface area (Å²) in [6.45, 7) is 5.24. The Bertz CT molecular complexity index is 605. The van der Waals surface area contributed by atoms with Crippen LogP contribution in [0.5, 0.6) is 11.5 Å². The van der Waals surface area contributed by atoms with E-state index in [1.165, 1.54) is 0 Å². The molecule has 0 radical (unpaired) electrons. The number of nitrogens with two attached hydrogens (primary N) is 1. The van der Waals surface area contributed by atoms with Gasteiger partial charge in [-0.25, -0.2) is 0 Å². The Morgan fingerprint density at radius 2 is 1.85 bits per heavy atom. The Morgan fingerprint density at radius 3 is 2.40 bits per heavy atom. The third-order valence-electron chi connectivity index (χ3n) is 3.52. The molecule has 0 saturated heterocycles. The van der Waals surface area contributed by atoms with Gasteiger partial charge in [0.2, 0.25) is 0 Å². The minimum atomic E-state index is 0.517. The molecule has 2 N–H and O–H groups in total. The average Bonchev–Trinajstić information content (AvgIpc) is 2.72. The number of aryl methyl sites for hydroxylation is 1. The van der Waals surface area contributed by atoms with Crippen LogP contribution >= 0.6 is 0 Å². The molecule has 108 valence electrons. The molecule has 0 aliphatic carbocycles. The van der Waals surface area contributed by atoms with E-state index in [-0.39, 0.29) is 0 Å². The van der Waals surface area contributed by atoms with E-state index in [0.717, 1.165) is 34.0 Å². The summed E-state index contributed by atoms with van der Waals surface area (Å²) in [5, 5.41) is 4.54. The van der Waals surface area contributed by atoms with Crippen molar-refractivity contribution < 1.29 is 9.47 Å². The molecular weight excluding hydrogens is 254 g/mol. The molecule has 0 bridgehead atoms. The second-order valence-electron chi connectivity index (χ2n) is 4.70. The highest BCUT2D eigenvalue weighted by Crippen LogP contribution is 2.28. The minimum absolute atomic E-state index is 0.517. The largest absolute Gasteiger partial charge is 0.493 e. The molecule has 1 aromatic heterocycles. The number of rotatable bonds is 5. The van der Waals surface area contributed by atoms with Crippen LogP contribution in [0.15, 0.2) is 18.2 Å². The molecule has 0 amide bonds. The third kappa shape index (κ3) is 2.63. The van der Waals surface area contributed by atoms with Gasteiger partial charge in [-0.1, -0.05) is 6.07 Å². The van der Waals surface area contributed by atoms with E-state index in [9.17, 15) is 0 Å². The predicted molar refractivity (Wildman–Crippen MR) is 78.2 cm³/mol. The van der Waals surface area contributed by atoms with Crippen LogP contribution in [0.4, 0.5) is 0 Å². The van der Waals surface area contributed by atoms with Crippen LogP contribution in [-0.4, -0.2) is 24.0 Å². The number of hydrogen-bond acceptors (Lipinski definition) is 4. The molecule has 2 rings (SSSR count). The summed E-state index contributed by atoms with van der Waals surface area (Å²) < 4.78 is 12.5. The molecule has 0 unspecified atom stereocenters. The van der Waals surface area contributed by atoms with E-state index >= 15 is 0 Å². The van der Waals surface area contributed by atoms with Crippen LogP contribution in [-0.2, 0) is 13.1 Å². The standard InChI is InChI=1S/C15H21N3O2/c1-10-13(8-16)11(2)18(17-10)9-12-5-6-14(19-3)15(7-12)20-4/h5-7H,8-9,16H2,1-4H3. The lowest BCUT2D eigenvalue weighted by Gasteiger charge is -2.10. The second kappa shape index (κ2) is 5.96. The lowest BCUT2D eigenvalue weighted by Crippen LogP contribution is -2.06. The first-order valence-corrected chi connectivity index (χ1v) is 6.54. The highest BCUT2D eigenvalue weighted by atomic mass is 16.5. The van der Waals surface area contributed by atoms with E-state index in [4.69, 9.17) is 15.2 Å². The Hall–Kier alpha value is -2.01. The van der Waals surface area contributed by atoms with Crippen LogP contribution in [0, 0.1) is 13.8 Å². The molecule has 1 aromatic carbocycles. The van der Waals surface area contributed by atoms with Crippen molar-refractivity contribution in [3.05, 3.63) is 40.7 Å². The lowest BCUT2D eigenvalue weighted by molar-refractivity contribution is 0.354. The monoisotopic (exact) mass is 275 g/mol. The van der Waals surface area contributed by atoms with Crippen molar-refractivity contribution in [2.45, 2.75) is 26.9 Å². The fourth-order valence-corrected chi connectivity index (χ4v) is 2.34. The van der Waals surface area contributed by atoms with Crippen LogP contribution in [0.1, 0.15) is 22.5 Å². The first-order valence-electron chi connectivity index (χ1n) is 6.54. The van der Waals surface area contributed by atoms with Crippen molar-refractivity contribution in [1.29, 1.82) is 0 Å². The zero-order valence-electron chi connectivity index (χ0n) is 12.4. The zero-order chi connectivity index (χ0) is 14.7. The van der Waals surface area contributed by atoms with Gasteiger partial charge in [-0.15, -0.1) is 0 Å². The highest BCUT2D eigenvalue weighted by Gasteiger charge is 2.11. The van der Waals surface area contributed by atoms with Gasteiger partial charge in [-0.05, 0) is 31.5 Å². The Labute approximate surface area is 119 Å². The van der Waals surface area contributed by atoms with Crippen molar-refractivity contribution in [3.8, 4) is 11.5 Å². The number of aromatic nitrogens is 2. The van der Waals surface area contributed by atoms with Gasteiger partial charge >= 0.3 is 0 Å². The normalized spacial score (nSPS) is 10.7. The van der Waals surface area contributed by atoms with Gasteiger partial charge in [-0.3, -0.25) is 4.68 Å². The first-order chi connectivity index (χ1) is 9.60. The second-order valence-corrected chi connectivity index (χ2v) is 4.70. The smallest absolute Gasteiger partial charge is 0.161 e. The molecule has 5 nitrogen and oxygen atoms in total. The van der Waals surface area contributed by atoms with Gasteiger partial charge in [0.05, 0.1) is 26.5 Å². The summed E-state index contributed by atoms with van der Waals surface area (Å²) in [6, 6.07) is 5.89. The number of methoxy groups -OCH3 is 2. The van der Waals surface area contributed by atoms with Crippen molar-refractivity contribution in [3.63, 3.8) is 0 Å². The Balaban J connectivity index is 2.30. The van der Waals surface area contributed by atoms with Gasteiger partial charge < -0.3 is 15.2 Å². The van der Waals surface area contributed by atoms with Crippen molar-refractivity contribution in [2.24, 2.45) is 5.73 Å². The van der Waals surface area contributed by atoms with Crippen LogP contribution in [0.2, 0.25) is 0 Å². The van der Waals surface area contributed by atoms with Crippen LogP contribution in [0.25, 0.3) is 0 Å². The topological polar surface area (TPSA) is 62.3 Å². The van der Waals surface area contributed by atoms with E-state index in [2.05, 4.69) is 5.10 Å². The highest BCUT2D eigenvalue weighted by molar-refractivity contribution is 5.43. The molecule has 0 aliphatic heterocycles. The summed E-state index contributed by atoms with van der Waals surface area (Å²) in [7, 11) is 3.27. The summed E-state index contributed by atoms with van der Waals surface area (Å²) in [5.74, 6) is 1.46. The van der Waals surface area contributed by atoms with Gasteiger partial charge in [0.25, 0.3) is 0 Å². The van der Waals surface area contributed by atoms with E-state index in [1.807, 2.05) is 36.7 Å². The number of hydrogen-bond donors (Lipinski definition) is 1. The zero-order valence-corrected chi connectivity index (χ0v) is 12.4. The molecular formula is C15H21N3O2. The predicted octanol–water partition coefficient (Wildman–Crippen LogP) is 2.02. The van der Waals surface area contributed by atoms with Gasteiger partial charge in [0, 0.05) is 17.8 Å². The average molecular weight is 275 g/mol. The Kier molecular flexibility index (Phi) is 4.29. The summed E-state index contributed by atoms with van der Waals surface area (Å²) in [4.78, 5) is 0. The Morgan fingerprint density at radius 1 is 1.15 bits per heavy atom. The third-order valence-corrected chi connectivity index (χ3v) is 3.52. The van der Waals surface area contributed by atoms with E-state index in [1.54, 1.807) is 14.2 Å². The lowest BCUT2D eigenvalue weighted by atomic mass is 10.2. The summed E-state index contributed by atoms with van der Waals surface area (Å²) >= 11 is 0. The maximum absolute atomic E-state index is 5.75.